The minimum absolute atomic E-state index is 0.102. The number of rotatable bonds is 9. The second-order valence-corrected chi connectivity index (χ2v) is 8.48. The first-order valence-electron chi connectivity index (χ1n) is 9.82. The van der Waals surface area contributed by atoms with Crippen molar-refractivity contribution in [2.24, 2.45) is 0 Å². The maximum atomic E-state index is 13.4. The molecule has 1 heterocycles. The first-order chi connectivity index (χ1) is 14.6. The smallest absolute Gasteiger partial charge is 0.416 e. The van der Waals surface area contributed by atoms with Gasteiger partial charge in [0.1, 0.15) is 0 Å². The molecule has 2 rings (SSSR count). The molecule has 0 saturated carbocycles. The van der Waals surface area contributed by atoms with E-state index in [0.29, 0.717) is 11.3 Å². The van der Waals surface area contributed by atoms with Crippen LogP contribution >= 0.6 is 7.60 Å². The SMILES string of the molecule is CCOC(=O)C(C)c1nc(-c2ccc(C(F)(F)F)cc2)ccc1P(=O)(OCC)OCC. The van der Waals surface area contributed by atoms with Crippen LogP contribution in [0.2, 0.25) is 0 Å². The zero-order valence-electron chi connectivity index (χ0n) is 17.7. The first-order valence-corrected chi connectivity index (χ1v) is 11.4. The van der Waals surface area contributed by atoms with Gasteiger partial charge in [0.2, 0.25) is 0 Å². The van der Waals surface area contributed by atoms with Gasteiger partial charge >= 0.3 is 19.7 Å². The molecule has 10 heteroatoms. The van der Waals surface area contributed by atoms with E-state index in [9.17, 15) is 22.5 Å². The Hall–Kier alpha value is -2.22. The third-order valence-corrected chi connectivity index (χ3v) is 6.52. The molecule has 0 saturated heterocycles. The number of benzene rings is 1. The van der Waals surface area contributed by atoms with Gasteiger partial charge in [0.05, 0.1) is 48.0 Å². The van der Waals surface area contributed by atoms with E-state index in [1.54, 1.807) is 27.7 Å². The van der Waals surface area contributed by atoms with Crippen LogP contribution in [0.4, 0.5) is 13.2 Å². The van der Waals surface area contributed by atoms with Gasteiger partial charge in [-0.05, 0) is 52.0 Å². The van der Waals surface area contributed by atoms with Crippen LogP contribution in [0.1, 0.15) is 44.9 Å². The van der Waals surface area contributed by atoms with Crippen molar-refractivity contribution >= 4 is 18.9 Å². The fourth-order valence-electron chi connectivity index (χ4n) is 2.90. The summed E-state index contributed by atoms with van der Waals surface area (Å²) >= 11 is 0. The predicted molar refractivity (Wildman–Crippen MR) is 110 cm³/mol. The minimum atomic E-state index is -4.46. The molecule has 0 amide bonds. The van der Waals surface area contributed by atoms with Crippen LogP contribution in [0.5, 0.6) is 0 Å². The highest BCUT2D eigenvalue weighted by atomic mass is 31.2. The molecular formula is C21H25F3NO5P. The monoisotopic (exact) mass is 459 g/mol. The van der Waals surface area contributed by atoms with E-state index in [4.69, 9.17) is 13.8 Å². The normalized spacial score (nSPS) is 13.1. The quantitative estimate of drug-likeness (QED) is 0.373. The summed E-state index contributed by atoms with van der Waals surface area (Å²) in [4.78, 5) is 16.8. The second kappa shape index (κ2) is 10.4. The van der Waals surface area contributed by atoms with Gasteiger partial charge in [0.25, 0.3) is 0 Å². The van der Waals surface area contributed by atoms with Crippen molar-refractivity contribution in [3.8, 4) is 11.3 Å². The van der Waals surface area contributed by atoms with Crippen molar-refractivity contribution in [3.63, 3.8) is 0 Å². The van der Waals surface area contributed by atoms with Crippen LogP contribution in [0.25, 0.3) is 11.3 Å². The third-order valence-electron chi connectivity index (χ3n) is 4.35. The van der Waals surface area contributed by atoms with Gasteiger partial charge in [-0.15, -0.1) is 0 Å². The lowest BCUT2D eigenvalue weighted by Gasteiger charge is -2.22. The lowest BCUT2D eigenvalue weighted by atomic mass is 10.0. The summed E-state index contributed by atoms with van der Waals surface area (Å²) < 4.78 is 67.8. The Bertz CT molecular complexity index is 937. The average molecular weight is 459 g/mol. The molecule has 6 nitrogen and oxygen atoms in total. The average Bonchev–Trinajstić information content (AvgIpc) is 2.73. The van der Waals surface area contributed by atoms with Gasteiger partial charge in [-0.3, -0.25) is 14.3 Å². The Balaban J connectivity index is 2.61. The molecule has 0 aliphatic carbocycles. The molecule has 2 aromatic rings. The Morgan fingerprint density at radius 1 is 1.00 bits per heavy atom. The van der Waals surface area contributed by atoms with Crippen molar-refractivity contribution < 1.29 is 36.3 Å². The van der Waals surface area contributed by atoms with Crippen LogP contribution < -0.4 is 5.30 Å². The Labute approximate surface area is 179 Å². The molecule has 0 bridgehead atoms. The van der Waals surface area contributed by atoms with Gasteiger partial charge in [-0.2, -0.15) is 13.2 Å². The number of aromatic nitrogens is 1. The zero-order chi connectivity index (χ0) is 23.2. The van der Waals surface area contributed by atoms with Crippen LogP contribution in [0.15, 0.2) is 36.4 Å². The number of ether oxygens (including phenoxy) is 1. The van der Waals surface area contributed by atoms with Crippen molar-refractivity contribution in [1.29, 1.82) is 0 Å². The number of carbonyl (C=O) groups excluding carboxylic acids is 1. The number of nitrogens with zero attached hydrogens (tertiary/aromatic N) is 1. The zero-order valence-corrected chi connectivity index (χ0v) is 18.6. The van der Waals surface area contributed by atoms with E-state index >= 15 is 0 Å². The maximum absolute atomic E-state index is 13.4. The summed E-state index contributed by atoms with van der Waals surface area (Å²) in [6.07, 6.45) is -4.46. The highest BCUT2D eigenvalue weighted by Gasteiger charge is 2.35. The number of halogens is 3. The summed E-state index contributed by atoms with van der Waals surface area (Å²) in [5.74, 6) is -1.49. The molecule has 0 aliphatic rings. The first kappa shape index (κ1) is 25.0. The molecule has 0 fully saturated rings. The Morgan fingerprint density at radius 3 is 2.06 bits per heavy atom. The molecule has 1 aromatic heterocycles. The van der Waals surface area contributed by atoms with Crippen LogP contribution in [-0.4, -0.2) is 30.8 Å². The van der Waals surface area contributed by atoms with E-state index in [1.807, 2.05) is 0 Å². The molecule has 1 atom stereocenters. The summed E-state index contributed by atoms with van der Waals surface area (Å²) in [5.41, 5.74) is 0.0499. The van der Waals surface area contributed by atoms with E-state index in [-0.39, 0.29) is 30.8 Å². The van der Waals surface area contributed by atoms with Crippen LogP contribution in [-0.2, 0) is 29.3 Å². The number of hydrogen-bond acceptors (Lipinski definition) is 6. The molecule has 170 valence electrons. The van der Waals surface area contributed by atoms with E-state index in [0.717, 1.165) is 12.1 Å². The van der Waals surface area contributed by atoms with Gasteiger partial charge in [-0.1, -0.05) is 12.1 Å². The Kier molecular flexibility index (Phi) is 8.40. The van der Waals surface area contributed by atoms with E-state index in [1.165, 1.54) is 24.3 Å². The minimum Gasteiger partial charge on any atom is -0.465 e. The number of carbonyl (C=O) groups is 1. The molecule has 0 radical (unpaired) electrons. The summed E-state index contributed by atoms with van der Waals surface area (Å²) in [5, 5.41) is 0.118. The summed E-state index contributed by atoms with van der Waals surface area (Å²) in [6.45, 7) is 6.86. The largest absolute Gasteiger partial charge is 0.465 e. The second-order valence-electron chi connectivity index (χ2n) is 6.48. The summed E-state index contributed by atoms with van der Waals surface area (Å²) in [6, 6.07) is 7.44. The number of esters is 1. The standard InChI is InChI=1S/C21H25F3NO5P/c1-5-28-20(26)14(4)19-18(31(27,29-6-2)30-7-3)13-12-17(25-19)15-8-10-16(11-9-15)21(22,23)24/h8-14H,5-7H2,1-4H3. The highest BCUT2D eigenvalue weighted by molar-refractivity contribution is 7.62. The molecular weight excluding hydrogens is 434 g/mol. The predicted octanol–water partition coefficient (Wildman–Crippen LogP) is 5.33. The lowest BCUT2D eigenvalue weighted by Crippen LogP contribution is -2.24. The fraction of sp³-hybridized carbons (Fsp3) is 0.429. The van der Waals surface area contributed by atoms with Crippen LogP contribution in [0, 0.1) is 0 Å². The van der Waals surface area contributed by atoms with Gasteiger partial charge in [-0.25, -0.2) is 0 Å². The molecule has 1 aromatic carbocycles. The topological polar surface area (TPSA) is 74.7 Å². The molecule has 0 spiro atoms. The molecule has 0 N–H and O–H groups in total. The van der Waals surface area contributed by atoms with Gasteiger partial charge in [0, 0.05) is 5.56 Å². The van der Waals surface area contributed by atoms with Crippen molar-refractivity contribution in [1.82, 2.24) is 4.98 Å². The third kappa shape index (κ3) is 5.93. The van der Waals surface area contributed by atoms with Crippen molar-refractivity contribution in [2.45, 2.75) is 39.8 Å². The maximum Gasteiger partial charge on any atom is 0.416 e. The molecule has 1 unspecified atom stereocenters. The number of pyridine rings is 1. The number of hydrogen-bond donors (Lipinski definition) is 0. The summed E-state index contributed by atoms with van der Waals surface area (Å²) in [7, 11) is -3.78. The molecule has 0 aliphatic heterocycles. The Morgan fingerprint density at radius 2 is 1.58 bits per heavy atom. The lowest BCUT2D eigenvalue weighted by molar-refractivity contribution is -0.144. The van der Waals surface area contributed by atoms with Crippen molar-refractivity contribution in [3.05, 3.63) is 47.7 Å². The molecule has 31 heavy (non-hydrogen) atoms. The van der Waals surface area contributed by atoms with Gasteiger partial charge in [0.15, 0.2) is 0 Å². The van der Waals surface area contributed by atoms with E-state index in [2.05, 4.69) is 4.98 Å². The highest BCUT2D eigenvalue weighted by Crippen LogP contribution is 2.48. The van der Waals surface area contributed by atoms with Crippen LogP contribution in [0.3, 0.4) is 0 Å². The number of alkyl halides is 3. The van der Waals surface area contributed by atoms with E-state index < -0.39 is 31.2 Å². The van der Waals surface area contributed by atoms with Gasteiger partial charge < -0.3 is 13.8 Å². The fourth-order valence-corrected chi connectivity index (χ4v) is 4.72. The van der Waals surface area contributed by atoms with Crippen molar-refractivity contribution in [2.75, 3.05) is 19.8 Å².